The van der Waals surface area contributed by atoms with Crippen molar-refractivity contribution in [3.63, 3.8) is 0 Å². The third kappa shape index (κ3) is 1.55. The summed E-state index contributed by atoms with van der Waals surface area (Å²) < 4.78 is 12.9. The number of carbonyl (C=O) groups excluding carboxylic acids is 1. The van der Waals surface area contributed by atoms with Crippen LogP contribution in [0.3, 0.4) is 0 Å². The van der Waals surface area contributed by atoms with Gasteiger partial charge in [-0.25, -0.2) is 10.2 Å². The van der Waals surface area contributed by atoms with E-state index >= 15 is 0 Å². The third-order valence-corrected chi connectivity index (χ3v) is 2.22. The number of amides is 1. The number of halogens is 1. The lowest BCUT2D eigenvalue weighted by Crippen LogP contribution is -2.33. The molecule has 0 aliphatic rings. The highest BCUT2D eigenvalue weighted by Gasteiger charge is 2.11. The Hall–Kier alpha value is -2.21. The first-order valence-electron chi connectivity index (χ1n) is 4.45. The predicted octanol–water partition coefficient (Wildman–Crippen LogP) is 0.271. The number of hydrogen-bond donors (Lipinski definition) is 3. The second-order valence-electron chi connectivity index (χ2n) is 3.19. The van der Waals surface area contributed by atoms with Crippen LogP contribution in [0.15, 0.2) is 29.2 Å². The van der Waals surface area contributed by atoms with Crippen molar-refractivity contribution in [2.24, 2.45) is 5.84 Å². The van der Waals surface area contributed by atoms with Crippen molar-refractivity contribution in [3.05, 3.63) is 46.0 Å². The lowest BCUT2D eigenvalue weighted by molar-refractivity contribution is 0.0952. The van der Waals surface area contributed by atoms with E-state index in [4.69, 9.17) is 5.84 Å². The maximum atomic E-state index is 12.9. The van der Waals surface area contributed by atoms with E-state index in [0.29, 0.717) is 5.52 Å². The number of hydrogen-bond acceptors (Lipinski definition) is 3. The van der Waals surface area contributed by atoms with Crippen molar-refractivity contribution in [2.45, 2.75) is 0 Å². The summed E-state index contributed by atoms with van der Waals surface area (Å²) in [5.74, 6) is 3.78. The van der Waals surface area contributed by atoms with Crippen LogP contribution in [-0.4, -0.2) is 10.9 Å². The number of pyridine rings is 1. The maximum Gasteiger partial charge on any atom is 0.270 e. The Bertz CT molecular complexity index is 621. The van der Waals surface area contributed by atoms with Gasteiger partial charge >= 0.3 is 0 Å². The van der Waals surface area contributed by atoms with Crippen LogP contribution >= 0.6 is 0 Å². The minimum Gasteiger partial charge on any atom is -0.360 e. The monoisotopic (exact) mass is 221 g/mol. The van der Waals surface area contributed by atoms with Crippen LogP contribution in [0, 0.1) is 5.82 Å². The van der Waals surface area contributed by atoms with Gasteiger partial charge in [0.1, 0.15) is 11.4 Å². The Kier molecular flexibility index (Phi) is 2.41. The van der Waals surface area contributed by atoms with Crippen molar-refractivity contribution < 1.29 is 9.18 Å². The largest absolute Gasteiger partial charge is 0.360 e. The minimum atomic E-state index is -0.688. The van der Waals surface area contributed by atoms with Crippen LogP contribution in [0.25, 0.3) is 10.9 Å². The van der Waals surface area contributed by atoms with Gasteiger partial charge in [-0.3, -0.25) is 15.0 Å². The van der Waals surface area contributed by atoms with Gasteiger partial charge in [0, 0.05) is 11.6 Å². The van der Waals surface area contributed by atoms with Crippen molar-refractivity contribution >= 4 is 16.8 Å². The zero-order valence-corrected chi connectivity index (χ0v) is 8.08. The second-order valence-corrected chi connectivity index (χ2v) is 3.19. The molecule has 4 N–H and O–H groups in total. The number of benzene rings is 1. The predicted molar refractivity (Wildman–Crippen MR) is 56.2 cm³/mol. The molecule has 16 heavy (non-hydrogen) atoms. The number of hydrazine groups is 1. The lowest BCUT2D eigenvalue weighted by Gasteiger charge is -2.01. The molecule has 2 rings (SSSR count). The molecule has 0 aliphatic carbocycles. The summed E-state index contributed by atoms with van der Waals surface area (Å²) in [6.07, 6.45) is 1.20. The van der Waals surface area contributed by atoms with E-state index < -0.39 is 17.2 Å². The Morgan fingerprint density at radius 3 is 2.88 bits per heavy atom. The SMILES string of the molecule is NNC(=O)c1c[nH]c2cc(F)ccc2c1=O. The van der Waals surface area contributed by atoms with Gasteiger partial charge in [0.15, 0.2) is 0 Å². The number of H-pyrrole nitrogens is 1. The van der Waals surface area contributed by atoms with Crippen LogP contribution < -0.4 is 16.7 Å². The molecule has 0 fully saturated rings. The summed E-state index contributed by atoms with van der Waals surface area (Å²) in [5, 5.41) is 0.238. The highest BCUT2D eigenvalue weighted by Crippen LogP contribution is 2.09. The third-order valence-electron chi connectivity index (χ3n) is 2.22. The van der Waals surface area contributed by atoms with Crippen LogP contribution in [0.5, 0.6) is 0 Å². The smallest absolute Gasteiger partial charge is 0.270 e. The van der Waals surface area contributed by atoms with Gasteiger partial charge in [0.25, 0.3) is 5.91 Å². The fourth-order valence-corrected chi connectivity index (χ4v) is 1.44. The van der Waals surface area contributed by atoms with Crippen molar-refractivity contribution in [2.75, 3.05) is 0 Å². The molecular weight excluding hydrogens is 213 g/mol. The first-order valence-corrected chi connectivity index (χ1v) is 4.45. The van der Waals surface area contributed by atoms with Gasteiger partial charge in [0.05, 0.1) is 5.52 Å². The van der Waals surface area contributed by atoms with Gasteiger partial charge in [-0.1, -0.05) is 0 Å². The van der Waals surface area contributed by atoms with Gasteiger partial charge < -0.3 is 4.98 Å². The van der Waals surface area contributed by atoms with Crippen molar-refractivity contribution in [1.29, 1.82) is 0 Å². The van der Waals surface area contributed by atoms with Crippen molar-refractivity contribution in [1.82, 2.24) is 10.4 Å². The summed E-state index contributed by atoms with van der Waals surface area (Å²) in [6.45, 7) is 0. The molecule has 6 heteroatoms. The summed E-state index contributed by atoms with van der Waals surface area (Å²) in [6, 6.07) is 3.65. The molecule has 0 bridgehead atoms. The number of nitrogens with one attached hydrogen (secondary N) is 2. The lowest BCUT2D eigenvalue weighted by atomic mass is 10.1. The average Bonchev–Trinajstić information content (AvgIpc) is 2.28. The van der Waals surface area contributed by atoms with Gasteiger partial charge in [-0.15, -0.1) is 0 Å². The van der Waals surface area contributed by atoms with E-state index in [-0.39, 0.29) is 10.9 Å². The zero-order chi connectivity index (χ0) is 11.7. The number of nitrogens with two attached hydrogens (primary N) is 1. The van der Waals surface area contributed by atoms with Crippen LogP contribution in [0.1, 0.15) is 10.4 Å². The van der Waals surface area contributed by atoms with Gasteiger partial charge in [-0.2, -0.15) is 0 Å². The van der Waals surface area contributed by atoms with Gasteiger partial charge in [-0.05, 0) is 18.2 Å². The molecule has 2 aromatic rings. The van der Waals surface area contributed by atoms with E-state index in [1.54, 1.807) is 0 Å². The van der Waals surface area contributed by atoms with E-state index in [1.165, 1.54) is 18.3 Å². The molecule has 0 unspecified atom stereocenters. The highest BCUT2D eigenvalue weighted by atomic mass is 19.1. The molecule has 0 atom stereocenters. The molecule has 0 radical (unpaired) electrons. The van der Waals surface area contributed by atoms with Crippen LogP contribution in [-0.2, 0) is 0 Å². The Morgan fingerprint density at radius 1 is 1.44 bits per heavy atom. The van der Waals surface area contributed by atoms with E-state index in [1.807, 2.05) is 5.43 Å². The summed E-state index contributed by atoms with van der Waals surface area (Å²) >= 11 is 0. The molecule has 0 saturated heterocycles. The first-order chi connectivity index (χ1) is 7.63. The number of aromatic amines is 1. The summed E-state index contributed by atoms with van der Waals surface area (Å²) in [7, 11) is 0. The normalized spacial score (nSPS) is 10.4. The molecule has 1 aromatic carbocycles. The number of aromatic nitrogens is 1. The quantitative estimate of drug-likeness (QED) is 0.367. The van der Waals surface area contributed by atoms with E-state index in [9.17, 15) is 14.0 Å². The standard InChI is InChI=1S/C10H8FN3O2/c11-5-1-2-6-8(3-5)13-4-7(9(6)15)10(16)14-12/h1-4H,12H2,(H,13,15)(H,14,16). The number of fused-ring (bicyclic) bond motifs is 1. The number of rotatable bonds is 1. The minimum absolute atomic E-state index is 0.110. The molecular formula is C10H8FN3O2. The zero-order valence-electron chi connectivity index (χ0n) is 8.08. The molecule has 82 valence electrons. The van der Waals surface area contributed by atoms with Crippen molar-refractivity contribution in [3.8, 4) is 0 Å². The summed E-state index contributed by atoms with van der Waals surface area (Å²) in [4.78, 5) is 25.7. The molecule has 0 aliphatic heterocycles. The Labute approximate surface area is 89.0 Å². The number of carbonyl (C=O) groups is 1. The number of nitrogen functional groups attached to an aromatic ring is 1. The topological polar surface area (TPSA) is 88.0 Å². The first kappa shape index (κ1) is 10.3. The maximum absolute atomic E-state index is 12.9. The average molecular weight is 221 g/mol. The van der Waals surface area contributed by atoms with Crippen LogP contribution in [0.2, 0.25) is 0 Å². The fourth-order valence-electron chi connectivity index (χ4n) is 1.44. The van der Waals surface area contributed by atoms with E-state index in [2.05, 4.69) is 4.98 Å². The van der Waals surface area contributed by atoms with E-state index in [0.717, 1.165) is 6.07 Å². The highest BCUT2D eigenvalue weighted by molar-refractivity contribution is 5.96. The second kappa shape index (κ2) is 3.74. The molecule has 1 amide bonds. The molecule has 1 aromatic heterocycles. The Balaban J connectivity index is 2.76. The summed E-state index contributed by atoms with van der Waals surface area (Å²) in [5.41, 5.74) is 1.60. The molecule has 1 heterocycles. The molecule has 0 saturated carbocycles. The van der Waals surface area contributed by atoms with Crippen LogP contribution in [0.4, 0.5) is 4.39 Å². The fraction of sp³-hybridized carbons (Fsp3) is 0. The Morgan fingerprint density at radius 2 is 2.19 bits per heavy atom. The molecule has 5 nitrogen and oxygen atoms in total. The molecule has 0 spiro atoms. The van der Waals surface area contributed by atoms with Gasteiger partial charge in [0.2, 0.25) is 5.43 Å².